The largest absolute Gasteiger partial charge is 0.371 e. The van der Waals surface area contributed by atoms with Crippen molar-refractivity contribution in [1.82, 2.24) is 9.88 Å². The van der Waals surface area contributed by atoms with Crippen molar-refractivity contribution in [3.8, 4) is 16.9 Å². The summed E-state index contributed by atoms with van der Waals surface area (Å²) in [6, 6.07) is 14.9. The highest BCUT2D eigenvalue weighted by Crippen LogP contribution is 2.35. The smallest absolute Gasteiger partial charge is 0.132 e. The highest BCUT2D eigenvalue weighted by molar-refractivity contribution is 5.66. The molecule has 1 atom stereocenters. The Morgan fingerprint density at radius 2 is 1.85 bits per heavy atom. The molecule has 1 aliphatic heterocycles. The first-order valence-corrected chi connectivity index (χ1v) is 8.70. The number of morpholine rings is 1. The molecule has 26 heavy (non-hydrogen) atoms. The molecule has 0 bridgehead atoms. The first-order chi connectivity index (χ1) is 12.6. The average molecular weight is 354 g/mol. The molecule has 1 saturated heterocycles. The van der Waals surface area contributed by atoms with Crippen molar-refractivity contribution in [1.29, 1.82) is 0 Å². The monoisotopic (exact) mass is 354 g/mol. The molecule has 0 saturated carbocycles. The minimum absolute atomic E-state index is 0.0871. The first-order valence-electron chi connectivity index (χ1n) is 8.70. The van der Waals surface area contributed by atoms with Gasteiger partial charge < -0.3 is 14.6 Å². The summed E-state index contributed by atoms with van der Waals surface area (Å²) >= 11 is 0. The average Bonchev–Trinajstić information content (AvgIpc) is 3.01. The number of ether oxygens (including phenoxy) is 1. The van der Waals surface area contributed by atoms with Crippen molar-refractivity contribution in [2.45, 2.75) is 13.0 Å². The van der Waals surface area contributed by atoms with Crippen molar-refractivity contribution >= 4 is 0 Å². The molecule has 0 aliphatic carbocycles. The van der Waals surface area contributed by atoms with Crippen LogP contribution in [0, 0.1) is 18.6 Å². The highest BCUT2D eigenvalue weighted by atomic mass is 19.1. The van der Waals surface area contributed by atoms with Gasteiger partial charge in [-0.1, -0.05) is 12.1 Å². The van der Waals surface area contributed by atoms with Crippen LogP contribution in [0.2, 0.25) is 0 Å². The van der Waals surface area contributed by atoms with Gasteiger partial charge in [0, 0.05) is 35.6 Å². The molecule has 0 spiro atoms. The molecule has 1 aromatic heterocycles. The van der Waals surface area contributed by atoms with Crippen LogP contribution in [0.1, 0.15) is 17.4 Å². The summed E-state index contributed by atoms with van der Waals surface area (Å²) in [5, 5.41) is 3.33. The summed E-state index contributed by atoms with van der Waals surface area (Å²) in [5.74, 6) is -0.589. The Hall–Kier alpha value is -2.50. The van der Waals surface area contributed by atoms with Crippen molar-refractivity contribution in [3.63, 3.8) is 0 Å². The zero-order chi connectivity index (χ0) is 18.1. The molecule has 1 N–H and O–H groups in total. The van der Waals surface area contributed by atoms with Gasteiger partial charge in [0.2, 0.25) is 0 Å². The third kappa shape index (κ3) is 3.04. The topological polar surface area (TPSA) is 26.2 Å². The maximum atomic E-state index is 14.5. The molecule has 5 heteroatoms. The van der Waals surface area contributed by atoms with Gasteiger partial charge in [-0.2, -0.15) is 0 Å². The fourth-order valence-corrected chi connectivity index (χ4v) is 3.51. The number of hydrogen-bond acceptors (Lipinski definition) is 2. The van der Waals surface area contributed by atoms with E-state index in [1.165, 1.54) is 18.2 Å². The lowest BCUT2D eigenvalue weighted by Gasteiger charge is -2.24. The Morgan fingerprint density at radius 1 is 1.08 bits per heavy atom. The second-order valence-corrected chi connectivity index (χ2v) is 6.43. The predicted octanol–water partition coefficient (Wildman–Crippen LogP) is 4.39. The Morgan fingerprint density at radius 3 is 2.54 bits per heavy atom. The molecule has 1 aliphatic rings. The van der Waals surface area contributed by atoms with E-state index in [4.69, 9.17) is 4.74 Å². The van der Waals surface area contributed by atoms with Crippen molar-refractivity contribution in [3.05, 3.63) is 77.5 Å². The standard InChI is InChI=1S/C21H20F2N2O/c1-14-18(21-13-24-10-11-26-21)12-20(17-4-2-3-5-19(17)23)25(14)16-8-6-15(22)7-9-16/h2-9,12,21,24H,10-11,13H2,1H3. The number of rotatable bonds is 3. The van der Waals surface area contributed by atoms with Crippen molar-refractivity contribution < 1.29 is 13.5 Å². The zero-order valence-corrected chi connectivity index (χ0v) is 14.5. The molecule has 3 aromatic rings. The van der Waals surface area contributed by atoms with E-state index in [-0.39, 0.29) is 17.7 Å². The van der Waals surface area contributed by atoms with Gasteiger partial charge in [0.15, 0.2) is 0 Å². The van der Waals surface area contributed by atoms with Gasteiger partial charge in [0.25, 0.3) is 0 Å². The summed E-state index contributed by atoms with van der Waals surface area (Å²) in [6.45, 7) is 4.17. The Kier molecular flexibility index (Phi) is 4.57. The highest BCUT2D eigenvalue weighted by Gasteiger charge is 2.24. The number of nitrogens with zero attached hydrogens (tertiary/aromatic N) is 1. The number of nitrogens with one attached hydrogen (secondary N) is 1. The Balaban J connectivity index is 1.91. The fraction of sp³-hybridized carbons (Fsp3) is 0.238. The minimum atomic E-state index is -0.300. The van der Waals surface area contributed by atoms with Gasteiger partial charge in [0.05, 0.1) is 18.4 Å². The molecule has 0 amide bonds. The van der Waals surface area contributed by atoms with Gasteiger partial charge in [-0.05, 0) is 49.4 Å². The third-order valence-electron chi connectivity index (χ3n) is 4.80. The van der Waals surface area contributed by atoms with Crippen LogP contribution >= 0.6 is 0 Å². The van der Waals surface area contributed by atoms with E-state index >= 15 is 0 Å². The van der Waals surface area contributed by atoms with Gasteiger partial charge >= 0.3 is 0 Å². The van der Waals surface area contributed by atoms with Crippen molar-refractivity contribution in [2.75, 3.05) is 19.7 Å². The lowest BCUT2D eigenvalue weighted by Crippen LogP contribution is -2.33. The van der Waals surface area contributed by atoms with E-state index in [0.29, 0.717) is 18.7 Å². The zero-order valence-electron chi connectivity index (χ0n) is 14.5. The van der Waals surface area contributed by atoms with Gasteiger partial charge in [-0.15, -0.1) is 0 Å². The van der Waals surface area contributed by atoms with Gasteiger partial charge in [0.1, 0.15) is 11.6 Å². The molecule has 0 radical (unpaired) electrons. The lowest BCUT2D eigenvalue weighted by molar-refractivity contribution is 0.0273. The number of hydrogen-bond donors (Lipinski definition) is 1. The van der Waals surface area contributed by atoms with Crippen LogP contribution < -0.4 is 5.32 Å². The molecular formula is C21H20F2N2O. The molecule has 1 fully saturated rings. The van der Waals surface area contributed by atoms with Crippen LogP contribution in [0.3, 0.4) is 0 Å². The maximum Gasteiger partial charge on any atom is 0.132 e. The number of aromatic nitrogens is 1. The lowest BCUT2D eigenvalue weighted by atomic mass is 10.1. The van der Waals surface area contributed by atoms with Crippen LogP contribution in [0.25, 0.3) is 16.9 Å². The summed E-state index contributed by atoms with van der Waals surface area (Å²) < 4.78 is 35.8. The number of benzene rings is 2. The van der Waals surface area contributed by atoms with Crippen LogP contribution in [0.5, 0.6) is 0 Å². The van der Waals surface area contributed by atoms with Crippen LogP contribution in [-0.2, 0) is 4.74 Å². The second kappa shape index (κ2) is 7.02. The molecule has 2 heterocycles. The third-order valence-corrected chi connectivity index (χ3v) is 4.80. The van der Waals surface area contributed by atoms with Crippen LogP contribution in [0.4, 0.5) is 8.78 Å². The van der Waals surface area contributed by atoms with E-state index in [2.05, 4.69) is 5.32 Å². The molecular weight excluding hydrogens is 334 g/mol. The van der Waals surface area contributed by atoms with E-state index in [9.17, 15) is 8.78 Å². The first kappa shape index (κ1) is 16.9. The fourth-order valence-electron chi connectivity index (χ4n) is 3.51. The molecule has 2 aromatic carbocycles. The van der Waals surface area contributed by atoms with Gasteiger partial charge in [-0.25, -0.2) is 8.78 Å². The van der Waals surface area contributed by atoms with Crippen molar-refractivity contribution in [2.24, 2.45) is 0 Å². The maximum absolute atomic E-state index is 14.5. The molecule has 4 rings (SSSR count). The molecule has 3 nitrogen and oxygen atoms in total. The minimum Gasteiger partial charge on any atom is -0.371 e. The van der Waals surface area contributed by atoms with E-state index in [1.807, 2.05) is 23.6 Å². The van der Waals surface area contributed by atoms with Crippen LogP contribution in [0.15, 0.2) is 54.6 Å². The van der Waals surface area contributed by atoms with Gasteiger partial charge in [-0.3, -0.25) is 0 Å². The summed E-state index contributed by atoms with van der Waals surface area (Å²) in [5.41, 5.74) is 4.01. The predicted molar refractivity (Wildman–Crippen MR) is 97.4 cm³/mol. The Bertz CT molecular complexity index is 912. The van der Waals surface area contributed by atoms with E-state index in [1.54, 1.807) is 24.3 Å². The summed E-state index contributed by atoms with van der Waals surface area (Å²) in [7, 11) is 0. The van der Waals surface area contributed by atoms with Crippen LogP contribution in [-0.4, -0.2) is 24.3 Å². The second-order valence-electron chi connectivity index (χ2n) is 6.43. The normalized spacial score (nSPS) is 17.4. The Labute approximate surface area is 151 Å². The van der Waals surface area contributed by atoms with E-state index < -0.39 is 0 Å². The SMILES string of the molecule is Cc1c(C2CNCCO2)cc(-c2ccccc2F)n1-c1ccc(F)cc1. The molecule has 1 unspecified atom stereocenters. The quantitative estimate of drug-likeness (QED) is 0.755. The number of halogens is 2. The van der Waals surface area contributed by atoms with E-state index in [0.717, 1.165) is 29.2 Å². The molecule has 134 valence electrons. The summed E-state index contributed by atoms with van der Waals surface area (Å²) in [6.07, 6.45) is -0.0871. The summed E-state index contributed by atoms with van der Waals surface area (Å²) in [4.78, 5) is 0.